The number of rotatable bonds is 14. The molecule has 6 heteroatoms. The Labute approximate surface area is 282 Å². The van der Waals surface area contributed by atoms with Crippen LogP contribution in [0.15, 0.2) is 102 Å². The molecule has 1 aliphatic rings. The second-order valence-electron chi connectivity index (χ2n) is 12.1. The molecule has 1 heterocycles. The molecule has 0 radical (unpaired) electrons. The summed E-state index contributed by atoms with van der Waals surface area (Å²) in [7, 11) is 1.73. The lowest BCUT2D eigenvalue weighted by atomic mass is 9.68. The van der Waals surface area contributed by atoms with Gasteiger partial charge in [-0.15, -0.1) is 12.4 Å². The third-order valence-corrected chi connectivity index (χ3v) is 10.1. The zero-order chi connectivity index (χ0) is 30.9. The molecular formula is C39H44BrClFNO2. The first-order valence-electron chi connectivity index (χ1n) is 15.9. The first-order chi connectivity index (χ1) is 21.4. The largest absolute Gasteiger partial charge is 0.496 e. The average molecular weight is 693 g/mol. The van der Waals surface area contributed by atoms with Crippen molar-refractivity contribution < 1.29 is 13.9 Å². The number of methoxy groups -OCH3 is 1. The van der Waals surface area contributed by atoms with E-state index in [1.807, 2.05) is 0 Å². The fraction of sp³-hybridized carbons (Fsp3) is 0.359. The summed E-state index contributed by atoms with van der Waals surface area (Å²) in [5.74, 6) is 0.912. The number of aryl methyl sites for hydroxylation is 1. The number of ketones is 1. The van der Waals surface area contributed by atoms with Crippen LogP contribution in [0.4, 0.5) is 4.39 Å². The Morgan fingerprint density at radius 3 is 2.16 bits per heavy atom. The summed E-state index contributed by atoms with van der Waals surface area (Å²) < 4.78 is 19.9. The molecular weight excluding hydrogens is 649 g/mol. The Balaban J connectivity index is 0.00000461. The van der Waals surface area contributed by atoms with Crippen molar-refractivity contribution in [3.8, 4) is 5.75 Å². The van der Waals surface area contributed by atoms with E-state index in [1.54, 1.807) is 19.2 Å². The smallest absolute Gasteiger partial charge is 0.133 e. The second kappa shape index (κ2) is 16.5. The van der Waals surface area contributed by atoms with E-state index in [0.717, 1.165) is 61.0 Å². The van der Waals surface area contributed by atoms with Gasteiger partial charge < -0.3 is 4.74 Å². The predicted octanol–water partition coefficient (Wildman–Crippen LogP) is 10.1. The van der Waals surface area contributed by atoms with Gasteiger partial charge in [-0.1, -0.05) is 72.8 Å². The number of carbonyl (C=O) groups excluding carboxylic acids is 1. The topological polar surface area (TPSA) is 29.5 Å². The lowest BCUT2D eigenvalue weighted by Crippen LogP contribution is -2.36. The minimum absolute atomic E-state index is 0. The van der Waals surface area contributed by atoms with Crippen LogP contribution < -0.4 is 4.74 Å². The first kappa shape index (κ1) is 34.9. The van der Waals surface area contributed by atoms with Gasteiger partial charge in [-0.05, 0) is 120 Å². The lowest BCUT2D eigenvalue weighted by Gasteiger charge is -2.39. The van der Waals surface area contributed by atoms with Crippen molar-refractivity contribution in [2.45, 2.75) is 69.7 Å². The van der Waals surface area contributed by atoms with E-state index in [-0.39, 0.29) is 29.4 Å². The number of ether oxygens (including phenoxy) is 1. The SMILES string of the molecule is COc1cc2c(cc1Br)CCN(CCCC(CCCC(=O)CCc1ccc(F)cc1)(c1ccccc1)c1ccccc1)C2C.Cl. The Morgan fingerprint density at radius 2 is 1.53 bits per heavy atom. The molecule has 0 N–H and O–H groups in total. The standard InChI is InChI=1S/C39H43BrFNO2.ClH/c1-29-36-28-38(44-2)37(40)27-31(36)22-26-42(29)25-10-24-39(32-11-5-3-6-12-32,33-13-7-4-8-14-33)23-9-15-35(43)21-18-30-16-19-34(41)20-17-30;/h3-8,11-14,16-17,19-20,27-29H,9-10,15,18,21-26H2,1-2H3;1H. The molecule has 238 valence electrons. The van der Waals surface area contributed by atoms with E-state index in [1.165, 1.54) is 34.4 Å². The van der Waals surface area contributed by atoms with Gasteiger partial charge in [0.2, 0.25) is 0 Å². The molecule has 0 saturated heterocycles. The molecule has 1 atom stereocenters. The number of benzene rings is 4. The van der Waals surface area contributed by atoms with Crippen LogP contribution in [0.5, 0.6) is 5.75 Å². The van der Waals surface area contributed by atoms with E-state index in [9.17, 15) is 9.18 Å². The fourth-order valence-corrected chi connectivity index (χ4v) is 7.50. The van der Waals surface area contributed by atoms with Crippen LogP contribution in [0.25, 0.3) is 0 Å². The Kier molecular flexibility index (Phi) is 12.8. The molecule has 0 fully saturated rings. The van der Waals surface area contributed by atoms with Gasteiger partial charge in [0.05, 0.1) is 11.6 Å². The average Bonchev–Trinajstić information content (AvgIpc) is 3.05. The fourth-order valence-electron chi connectivity index (χ4n) is 6.95. The summed E-state index contributed by atoms with van der Waals surface area (Å²) in [6, 6.07) is 32.9. The normalized spacial score (nSPS) is 14.8. The zero-order valence-electron chi connectivity index (χ0n) is 26.3. The molecule has 0 spiro atoms. The monoisotopic (exact) mass is 691 g/mol. The zero-order valence-corrected chi connectivity index (χ0v) is 28.7. The number of hydrogen-bond donors (Lipinski definition) is 0. The van der Waals surface area contributed by atoms with Gasteiger partial charge >= 0.3 is 0 Å². The maximum atomic E-state index is 13.3. The van der Waals surface area contributed by atoms with Crippen LogP contribution in [0, 0.1) is 5.82 Å². The van der Waals surface area contributed by atoms with Crippen LogP contribution in [0.3, 0.4) is 0 Å². The molecule has 0 aliphatic carbocycles. The number of carbonyl (C=O) groups is 1. The van der Waals surface area contributed by atoms with E-state index in [4.69, 9.17) is 4.74 Å². The highest BCUT2D eigenvalue weighted by Crippen LogP contribution is 2.42. The highest BCUT2D eigenvalue weighted by molar-refractivity contribution is 9.10. The quantitative estimate of drug-likeness (QED) is 0.132. The van der Waals surface area contributed by atoms with Gasteiger partial charge in [0.15, 0.2) is 0 Å². The summed E-state index contributed by atoms with van der Waals surface area (Å²) >= 11 is 3.66. The maximum Gasteiger partial charge on any atom is 0.133 e. The lowest BCUT2D eigenvalue weighted by molar-refractivity contribution is -0.119. The van der Waals surface area contributed by atoms with Gasteiger partial charge in [-0.2, -0.15) is 0 Å². The van der Waals surface area contributed by atoms with E-state index < -0.39 is 0 Å². The Bertz CT molecular complexity index is 1470. The van der Waals surface area contributed by atoms with Crippen LogP contribution in [0.1, 0.15) is 79.3 Å². The molecule has 1 aliphatic heterocycles. The van der Waals surface area contributed by atoms with Crippen molar-refractivity contribution in [1.82, 2.24) is 4.90 Å². The van der Waals surface area contributed by atoms with Crippen molar-refractivity contribution >= 4 is 34.1 Å². The second-order valence-corrected chi connectivity index (χ2v) is 12.9. The third kappa shape index (κ3) is 8.64. The summed E-state index contributed by atoms with van der Waals surface area (Å²) in [6.45, 7) is 4.36. The van der Waals surface area contributed by atoms with Gasteiger partial charge in [-0.25, -0.2) is 4.39 Å². The summed E-state index contributed by atoms with van der Waals surface area (Å²) in [4.78, 5) is 15.6. The van der Waals surface area contributed by atoms with Gasteiger partial charge in [0.1, 0.15) is 17.3 Å². The van der Waals surface area contributed by atoms with Crippen molar-refractivity contribution in [2.24, 2.45) is 0 Å². The van der Waals surface area contributed by atoms with Crippen molar-refractivity contribution in [3.05, 3.63) is 135 Å². The summed E-state index contributed by atoms with van der Waals surface area (Å²) in [6.07, 6.45) is 6.53. The van der Waals surface area contributed by atoms with Crippen LogP contribution in [0.2, 0.25) is 0 Å². The molecule has 1 unspecified atom stereocenters. The minimum atomic E-state index is -0.244. The van der Waals surface area contributed by atoms with Crippen LogP contribution in [-0.4, -0.2) is 30.9 Å². The van der Waals surface area contributed by atoms with Crippen molar-refractivity contribution in [1.29, 1.82) is 0 Å². The molecule has 3 nitrogen and oxygen atoms in total. The first-order valence-corrected chi connectivity index (χ1v) is 16.7. The minimum Gasteiger partial charge on any atom is -0.496 e. The number of hydrogen-bond acceptors (Lipinski definition) is 3. The molecule has 0 saturated carbocycles. The number of nitrogens with zero attached hydrogens (tertiary/aromatic N) is 1. The molecule has 0 aromatic heterocycles. The Hall–Kier alpha value is -2.99. The van der Waals surface area contributed by atoms with Gasteiger partial charge in [0.25, 0.3) is 0 Å². The number of halogens is 3. The molecule has 45 heavy (non-hydrogen) atoms. The molecule has 0 bridgehead atoms. The highest BCUT2D eigenvalue weighted by atomic mass is 79.9. The van der Waals surface area contributed by atoms with E-state index >= 15 is 0 Å². The van der Waals surface area contributed by atoms with Crippen molar-refractivity contribution in [2.75, 3.05) is 20.2 Å². The molecule has 0 amide bonds. The summed E-state index contributed by atoms with van der Waals surface area (Å²) in [5, 5.41) is 0. The third-order valence-electron chi connectivity index (χ3n) is 9.45. The predicted molar refractivity (Wildman–Crippen MR) is 188 cm³/mol. The number of Topliss-reactive ketones (excluding diaryl/α,β-unsaturated/α-hetero) is 1. The van der Waals surface area contributed by atoms with Crippen LogP contribution in [-0.2, 0) is 23.1 Å². The van der Waals surface area contributed by atoms with E-state index in [2.05, 4.69) is 101 Å². The molecule has 4 aromatic carbocycles. The van der Waals surface area contributed by atoms with Gasteiger partial charge in [0, 0.05) is 30.8 Å². The molecule has 5 rings (SSSR count). The van der Waals surface area contributed by atoms with Gasteiger partial charge in [-0.3, -0.25) is 9.69 Å². The maximum absolute atomic E-state index is 13.3. The van der Waals surface area contributed by atoms with E-state index in [0.29, 0.717) is 25.3 Å². The Morgan fingerprint density at radius 1 is 0.911 bits per heavy atom. The number of fused-ring (bicyclic) bond motifs is 1. The highest BCUT2D eigenvalue weighted by Gasteiger charge is 2.34. The van der Waals surface area contributed by atoms with Crippen molar-refractivity contribution in [3.63, 3.8) is 0 Å². The summed E-state index contributed by atoms with van der Waals surface area (Å²) in [5.41, 5.74) is 6.21. The van der Waals surface area contributed by atoms with Crippen LogP contribution >= 0.6 is 28.3 Å². The molecule has 4 aromatic rings.